The quantitative estimate of drug-likeness (QED) is 0.650. The van der Waals surface area contributed by atoms with E-state index in [9.17, 15) is 4.55 Å². The predicted octanol–water partition coefficient (Wildman–Crippen LogP) is 2.89. The highest BCUT2D eigenvalue weighted by atomic mass is 32.2. The Balaban J connectivity index is 1.34. The molecule has 1 N–H and O–H groups in total. The monoisotopic (exact) mass is 395 g/mol. The van der Waals surface area contributed by atoms with Crippen molar-refractivity contribution in [1.29, 1.82) is 0 Å². The van der Waals surface area contributed by atoms with Crippen LogP contribution >= 0.6 is 0 Å². The maximum atomic E-state index is 12.0. The van der Waals surface area contributed by atoms with Gasteiger partial charge in [0.1, 0.15) is 0 Å². The van der Waals surface area contributed by atoms with E-state index in [-0.39, 0.29) is 0 Å². The smallest absolute Gasteiger partial charge is 0.174 e. The van der Waals surface area contributed by atoms with Crippen molar-refractivity contribution in [3.05, 3.63) is 72.1 Å². The van der Waals surface area contributed by atoms with Gasteiger partial charge in [-0.25, -0.2) is 4.68 Å². The molecule has 2 heterocycles. The third-order valence-electron chi connectivity index (χ3n) is 5.26. The first-order valence-electron chi connectivity index (χ1n) is 9.61. The van der Waals surface area contributed by atoms with Gasteiger partial charge in [-0.1, -0.05) is 35.5 Å². The first kappa shape index (κ1) is 19.1. The number of benzene rings is 2. The summed E-state index contributed by atoms with van der Waals surface area (Å²) in [5.74, 6) is 0.519. The third kappa shape index (κ3) is 4.44. The second-order valence-electron chi connectivity index (χ2n) is 7.09. The van der Waals surface area contributed by atoms with Gasteiger partial charge in [-0.2, -0.15) is 0 Å². The van der Waals surface area contributed by atoms with Crippen LogP contribution in [-0.4, -0.2) is 44.6 Å². The van der Waals surface area contributed by atoms with Crippen molar-refractivity contribution in [2.75, 3.05) is 20.1 Å². The van der Waals surface area contributed by atoms with Crippen molar-refractivity contribution in [3.8, 4) is 5.69 Å². The van der Waals surface area contributed by atoms with Crippen molar-refractivity contribution < 1.29 is 4.55 Å². The fourth-order valence-corrected chi connectivity index (χ4v) is 4.41. The molecular weight excluding hydrogens is 370 g/mol. The summed E-state index contributed by atoms with van der Waals surface area (Å²) in [5, 5.41) is 8.59. The molecule has 0 radical (unpaired) electrons. The van der Waals surface area contributed by atoms with E-state index in [1.165, 1.54) is 5.56 Å². The maximum absolute atomic E-state index is 12.0. The Morgan fingerprint density at radius 2 is 1.89 bits per heavy atom. The van der Waals surface area contributed by atoms with E-state index >= 15 is 0 Å². The van der Waals surface area contributed by atoms with Crippen LogP contribution in [0.4, 0.5) is 0 Å². The van der Waals surface area contributed by atoms with Gasteiger partial charge < -0.3 is 4.55 Å². The topological polar surface area (TPSA) is 69.0 Å². The van der Waals surface area contributed by atoms with Crippen LogP contribution in [0.2, 0.25) is 0 Å². The fraction of sp³-hybridized carbons (Fsp3) is 0.333. The second kappa shape index (κ2) is 8.87. The van der Waals surface area contributed by atoms with E-state index in [2.05, 4.69) is 32.1 Å². The molecule has 1 unspecified atom stereocenters. The standard InChI is InChI=1S/C21H25N5OS/c1-22-28(27)21-9-5-6-18(14-21)17-10-12-25(13-11-17)15-19-16-26(24-23-19)20-7-3-2-4-8-20/h2-9,14,16-17,22H,10-13,15H2,1H3. The van der Waals surface area contributed by atoms with E-state index in [0.717, 1.165) is 48.8 Å². The SMILES string of the molecule is CN[S+]([O-])c1cccc(C2CCN(Cc3cn(-c4ccccc4)nn3)CC2)c1. The highest BCUT2D eigenvalue weighted by Crippen LogP contribution is 2.29. The number of piperidine rings is 1. The zero-order chi connectivity index (χ0) is 19.3. The highest BCUT2D eigenvalue weighted by molar-refractivity contribution is 7.89. The largest absolute Gasteiger partial charge is 0.593 e. The summed E-state index contributed by atoms with van der Waals surface area (Å²) in [5.41, 5.74) is 3.31. The van der Waals surface area contributed by atoms with Crippen LogP contribution in [0.3, 0.4) is 0 Å². The molecule has 3 aromatic rings. The lowest BCUT2D eigenvalue weighted by Crippen LogP contribution is -2.32. The molecule has 0 amide bonds. The lowest BCUT2D eigenvalue weighted by Gasteiger charge is -2.31. The van der Waals surface area contributed by atoms with Crippen molar-refractivity contribution in [3.63, 3.8) is 0 Å². The van der Waals surface area contributed by atoms with Crippen LogP contribution in [0.5, 0.6) is 0 Å². The molecule has 1 aliphatic heterocycles. The number of hydrogen-bond donors (Lipinski definition) is 1. The van der Waals surface area contributed by atoms with Crippen molar-refractivity contribution in [1.82, 2.24) is 24.6 Å². The van der Waals surface area contributed by atoms with E-state index in [0.29, 0.717) is 5.92 Å². The third-order valence-corrected chi connectivity index (χ3v) is 6.32. The summed E-state index contributed by atoms with van der Waals surface area (Å²) in [6.45, 7) is 2.88. The van der Waals surface area contributed by atoms with Crippen molar-refractivity contribution in [2.45, 2.75) is 30.2 Å². The van der Waals surface area contributed by atoms with Crippen LogP contribution in [-0.2, 0) is 17.9 Å². The van der Waals surface area contributed by atoms with E-state index in [1.54, 1.807) is 7.05 Å². The second-order valence-corrected chi connectivity index (χ2v) is 8.50. The number of para-hydroxylation sites is 1. The molecule has 1 aromatic heterocycles. The number of rotatable bonds is 6. The van der Waals surface area contributed by atoms with Crippen molar-refractivity contribution in [2.24, 2.45) is 0 Å². The number of hydrogen-bond acceptors (Lipinski definition) is 5. The summed E-state index contributed by atoms with van der Waals surface area (Å²) < 4.78 is 16.6. The molecule has 28 heavy (non-hydrogen) atoms. The van der Waals surface area contributed by atoms with Crippen molar-refractivity contribution >= 4 is 11.4 Å². The highest BCUT2D eigenvalue weighted by Gasteiger charge is 2.22. The number of nitrogens with zero attached hydrogens (tertiary/aromatic N) is 4. The normalized spacial score (nSPS) is 16.9. The molecule has 1 fully saturated rings. The van der Waals surface area contributed by atoms with E-state index in [4.69, 9.17) is 0 Å². The Morgan fingerprint density at radius 1 is 1.11 bits per heavy atom. The minimum atomic E-state index is -1.13. The van der Waals surface area contributed by atoms with Gasteiger partial charge in [0.15, 0.2) is 4.90 Å². The van der Waals surface area contributed by atoms with E-state index in [1.807, 2.05) is 53.3 Å². The predicted molar refractivity (Wildman–Crippen MR) is 111 cm³/mol. The van der Waals surface area contributed by atoms with Crippen LogP contribution in [0, 0.1) is 0 Å². The Morgan fingerprint density at radius 3 is 2.64 bits per heavy atom. The summed E-state index contributed by atoms with van der Waals surface area (Å²) >= 11 is -1.13. The van der Waals surface area contributed by atoms with Crippen LogP contribution in [0.25, 0.3) is 5.69 Å². The van der Waals surface area contributed by atoms with Gasteiger partial charge in [0.2, 0.25) is 0 Å². The lowest BCUT2D eigenvalue weighted by molar-refractivity contribution is 0.202. The molecule has 0 spiro atoms. The number of aromatic nitrogens is 3. The average molecular weight is 396 g/mol. The molecule has 4 rings (SSSR count). The van der Waals surface area contributed by atoms with Crippen LogP contribution < -0.4 is 4.72 Å². The molecule has 1 aliphatic rings. The van der Waals surface area contributed by atoms with Gasteiger partial charge in [-0.15, -0.1) is 9.82 Å². The van der Waals surface area contributed by atoms with Gasteiger partial charge in [0.25, 0.3) is 0 Å². The van der Waals surface area contributed by atoms with Gasteiger partial charge in [0.05, 0.1) is 28.9 Å². The number of nitrogens with one attached hydrogen (secondary N) is 1. The Kier molecular flexibility index (Phi) is 6.07. The first-order chi connectivity index (χ1) is 13.7. The maximum Gasteiger partial charge on any atom is 0.174 e. The molecule has 6 nitrogen and oxygen atoms in total. The van der Waals surface area contributed by atoms with Gasteiger partial charge in [-0.05, 0) is 61.7 Å². The van der Waals surface area contributed by atoms with Crippen LogP contribution in [0.15, 0.2) is 65.7 Å². The zero-order valence-electron chi connectivity index (χ0n) is 16.0. The summed E-state index contributed by atoms with van der Waals surface area (Å²) in [6, 6.07) is 18.2. The Bertz CT molecular complexity index is 893. The minimum absolute atomic E-state index is 0.519. The molecule has 1 atom stereocenters. The summed E-state index contributed by atoms with van der Waals surface area (Å²) in [4.78, 5) is 3.28. The van der Waals surface area contributed by atoms with Gasteiger partial charge in [-0.3, -0.25) is 4.90 Å². The summed E-state index contributed by atoms with van der Waals surface area (Å²) in [7, 11) is 1.72. The summed E-state index contributed by atoms with van der Waals surface area (Å²) in [6.07, 6.45) is 4.21. The molecule has 1 saturated heterocycles. The van der Waals surface area contributed by atoms with E-state index < -0.39 is 11.4 Å². The molecule has 146 valence electrons. The lowest BCUT2D eigenvalue weighted by atomic mass is 9.89. The average Bonchev–Trinajstić information content (AvgIpc) is 3.23. The number of likely N-dealkylation sites (tertiary alicyclic amines) is 1. The Hall–Kier alpha value is -2.19. The molecule has 0 aliphatic carbocycles. The van der Waals surface area contributed by atoms with Gasteiger partial charge in [0, 0.05) is 13.6 Å². The molecular formula is C21H25N5OS. The fourth-order valence-electron chi connectivity index (χ4n) is 3.73. The van der Waals surface area contributed by atoms with Gasteiger partial charge >= 0.3 is 0 Å². The Labute approximate surface area is 168 Å². The molecule has 2 aromatic carbocycles. The minimum Gasteiger partial charge on any atom is -0.593 e. The molecule has 0 bridgehead atoms. The molecule has 0 saturated carbocycles. The first-order valence-corrected chi connectivity index (χ1v) is 10.8. The van der Waals surface area contributed by atoms with Crippen LogP contribution in [0.1, 0.15) is 30.0 Å². The molecule has 7 heteroatoms. The zero-order valence-corrected chi connectivity index (χ0v) is 16.8.